The maximum absolute atomic E-state index is 12.9. The van der Waals surface area contributed by atoms with Gasteiger partial charge < -0.3 is 4.42 Å². The molecule has 25 heavy (non-hydrogen) atoms. The summed E-state index contributed by atoms with van der Waals surface area (Å²) in [5.74, 6) is 1.46. The summed E-state index contributed by atoms with van der Waals surface area (Å²) >= 11 is 0. The Balaban J connectivity index is 1.79. The summed E-state index contributed by atoms with van der Waals surface area (Å²) in [4.78, 5) is 17.7. The predicted molar refractivity (Wildman–Crippen MR) is 96.3 cm³/mol. The third-order valence-electron chi connectivity index (χ3n) is 5.81. The average molecular weight is 329 g/mol. The Bertz CT molecular complexity index is 973. The minimum absolute atomic E-state index is 0.191. The first kappa shape index (κ1) is 14.6. The normalized spacial score (nSPS) is 24.4. The summed E-state index contributed by atoms with van der Waals surface area (Å²) in [6.07, 6.45) is 2.58. The number of Topliss-reactive ketones (excluding diaryl/α,β-unsaturated/α-hetero) is 1. The van der Waals surface area contributed by atoms with Crippen LogP contribution < -0.4 is 0 Å². The van der Waals surface area contributed by atoms with Crippen LogP contribution in [0.1, 0.15) is 43.4 Å². The van der Waals surface area contributed by atoms with Crippen LogP contribution in [0.2, 0.25) is 0 Å². The number of fused-ring (bicyclic) bond motifs is 6. The fourth-order valence-electron chi connectivity index (χ4n) is 4.62. The summed E-state index contributed by atoms with van der Waals surface area (Å²) in [6, 6.07) is 18.2. The van der Waals surface area contributed by atoms with E-state index in [-0.39, 0.29) is 17.1 Å². The van der Waals surface area contributed by atoms with E-state index in [1.54, 1.807) is 0 Å². The number of ketones is 1. The molecule has 0 amide bonds. The molecule has 1 heterocycles. The first-order valence-corrected chi connectivity index (χ1v) is 8.87. The summed E-state index contributed by atoms with van der Waals surface area (Å²) in [5, 5.41) is 0. The third kappa shape index (κ3) is 1.98. The van der Waals surface area contributed by atoms with Crippen molar-refractivity contribution in [3.63, 3.8) is 0 Å². The van der Waals surface area contributed by atoms with Crippen molar-refractivity contribution in [3.8, 4) is 22.8 Å². The molecule has 3 nitrogen and oxygen atoms in total. The fraction of sp³-hybridized carbons (Fsp3) is 0.273. The van der Waals surface area contributed by atoms with Gasteiger partial charge in [0.1, 0.15) is 5.78 Å². The van der Waals surface area contributed by atoms with Gasteiger partial charge in [-0.3, -0.25) is 4.79 Å². The van der Waals surface area contributed by atoms with E-state index in [0.717, 1.165) is 35.4 Å². The van der Waals surface area contributed by atoms with E-state index in [4.69, 9.17) is 9.40 Å². The molecule has 0 spiro atoms. The number of oxazole rings is 1. The highest BCUT2D eigenvalue weighted by atomic mass is 16.4. The fourth-order valence-corrected chi connectivity index (χ4v) is 4.62. The van der Waals surface area contributed by atoms with Gasteiger partial charge in [0.25, 0.3) is 0 Å². The molecule has 2 aliphatic carbocycles. The number of carbonyl (C=O) groups is 1. The average Bonchev–Trinajstić information content (AvgIpc) is 3.07. The first-order chi connectivity index (χ1) is 12.2. The van der Waals surface area contributed by atoms with E-state index >= 15 is 0 Å². The number of nitrogens with zero attached hydrogens (tertiary/aromatic N) is 1. The molecule has 2 aliphatic rings. The Labute approximate surface area is 146 Å². The second-order valence-corrected chi connectivity index (χ2v) is 7.32. The van der Waals surface area contributed by atoms with Crippen LogP contribution >= 0.6 is 0 Å². The molecule has 5 rings (SSSR count). The van der Waals surface area contributed by atoms with Crippen LogP contribution in [0.4, 0.5) is 0 Å². The van der Waals surface area contributed by atoms with E-state index in [9.17, 15) is 4.79 Å². The summed E-state index contributed by atoms with van der Waals surface area (Å²) < 4.78 is 6.20. The minimum atomic E-state index is -0.202. The van der Waals surface area contributed by atoms with Crippen LogP contribution in [-0.2, 0) is 10.2 Å². The maximum Gasteiger partial charge on any atom is 0.227 e. The lowest BCUT2D eigenvalue weighted by Crippen LogP contribution is -2.41. The van der Waals surface area contributed by atoms with Crippen LogP contribution in [-0.4, -0.2) is 10.8 Å². The number of hydrogen-bond acceptors (Lipinski definition) is 3. The molecule has 0 radical (unpaired) electrons. The van der Waals surface area contributed by atoms with Gasteiger partial charge in [-0.2, -0.15) is 0 Å². The molecule has 2 atom stereocenters. The SMILES string of the molecule is C[C@@]12CCCC(=O)[C@@H]1c1nc(-c3ccccc3)oc1-c1ccccc12. The largest absolute Gasteiger partial charge is 0.436 e. The van der Waals surface area contributed by atoms with Crippen molar-refractivity contribution < 1.29 is 9.21 Å². The Kier molecular flexibility index (Phi) is 3.02. The number of hydrogen-bond donors (Lipinski definition) is 0. The summed E-state index contributed by atoms with van der Waals surface area (Å²) in [5.41, 5.74) is 3.88. The molecule has 0 bridgehead atoms. The topological polar surface area (TPSA) is 43.1 Å². The Morgan fingerprint density at radius 1 is 1.08 bits per heavy atom. The van der Waals surface area contributed by atoms with Gasteiger partial charge in [0.05, 0.1) is 11.6 Å². The Morgan fingerprint density at radius 3 is 2.68 bits per heavy atom. The summed E-state index contributed by atoms with van der Waals surface area (Å²) in [7, 11) is 0. The molecule has 3 aromatic rings. The molecule has 0 unspecified atom stereocenters. The standard InChI is InChI=1S/C22H19NO2/c1-22-13-7-12-17(24)18(22)19-20(15-10-5-6-11-16(15)22)25-21(23-19)14-8-3-2-4-9-14/h2-6,8-11,18H,7,12-13H2,1H3/t18-,22+/m1/s1. The minimum Gasteiger partial charge on any atom is -0.436 e. The second-order valence-electron chi connectivity index (χ2n) is 7.32. The number of carbonyl (C=O) groups excluding carboxylic acids is 1. The molecule has 3 heteroatoms. The smallest absolute Gasteiger partial charge is 0.227 e. The molecule has 1 saturated carbocycles. The van der Waals surface area contributed by atoms with Crippen LogP contribution in [0, 0.1) is 0 Å². The molecule has 0 N–H and O–H groups in total. The van der Waals surface area contributed by atoms with Gasteiger partial charge in [-0.15, -0.1) is 0 Å². The van der Waals surface area contributed by atoms with Crippen LogP contribution in [0.3, 0.4) is 0 Å². The summed E-state index contributed by atoms with van der Waals surface area (Å²) in [6.45, 7) is 2.22. The zero-order valence-electron chi connectivity index (χ0n) is 14.2. The molecular formula is C22H19NO2. The van der Waals surface area contributed by atoms with Crippen LogP contribution in [0.25, 0.3) is 22.8 Å². The molecular weight excluding hydrogens is 310 g/mol. The Morgan fingerprint density at radius 2 is 1.84 bits per heavy atom. The zero-order chi connectivity index (χ0) is 17.0. The highest BCUT2D eigenvalue weighted by Crippen LogP contribution is 2.55. The van der Waals surface area contributed by atoms with Crippen molar-refractivity contribution in [1.82, 2.24) is 4.98 Å². The van der Waals surface area contributed by atoms with Crippen LogP contribution in [0.5, 0.6) is 0 Å². The van der Waals surface area contributed by atoms with Crippen molar-refractivity contribution in [1.29, 1.82) is 0 Å². The molecule has 1 fully saturated rings. The molecule has 2 aromatic carbocycles. The second kappa shape index (κ2) is 5.16. The van der Waals surface area contributed by atoms with Crippen molar-refractivity contribution in [2.75, 3.05) is 0 Å². The highest BCUT2D eigenvalue weighted by Gasteiger charge is 2.50. The predicted octanol–water partition coefficient (Wildman–Crippen LogP) is 5.12. The van der Waals surface area contributed by atoms with Gasteiger partial charge in [0, 0.05) is 23.0 Å². The van der Waals surface area contributed by atoms with E-state index in [0.29, 0.717) is 12.3 Å². The molecule has 0 saturated heterocycles. The van der Waals surface area contributed by atoms with Crippen molar-refractivity contribution >= 4 is 5.78 Å². The first-order valence-electron chi connectivity index (χ1n) is 8.87. The maximum atomic E-state index is 12.9. The third-order valence-corrected chi connectivity index (χ3v) is 5.81. The van der Waals surface area contributed by atoms with Gasteiger partial charge in [-0.05, 0) is 30.5 Å². The van der Waals surface area contributed by atoms with Gasteiger partial charge in [-0.25, -0.2) is 4.98 Å². The number of rotatable bonds is 1. The van der Waals surface area contributed by atoms with E-state index in [2.05, 4.69) is 25.1 Å². The van der Waals surface area contributed by atoms with Gasteiger partial charge in [0.2, 0.25) is 5.89 Å². The number of aromatic nitrogens is 1. The van der Waals surface area contributed by atoms with Gasteiger partial charge in [-0.1, -0.05) is 49.4 Å². The molecule has 124 valence electrons. The Hall–Kier alpha value is -2.68. The monoisotopic (exact) mass is 329 g/mol. The zero-order valence-corrected chi connectivity index (χ0v) is 14.2. The van der Waals surface area contributed by atoms with Gasteiger partial charge in [0.15, 0.2) is 5.76 Å². The van der Waals surface area contributed by atoms with Crippen LogP contribution in [0.15, 0.2) is 59.0 Å². The van der Waals surface area contributed by atoms with Crippen molar-refractivity contribution in [3.05, 3.63) is 65.9 Å². The lowest BCUT2D eigenvalue weighted by atomic mass is 9.58. The van der Waals surface area contributed by atoms with Crippen molar-refractivity contribution in [2.24, 2.45) is 0 Å². The lowest BCUT2D eigenvalue weighted by Gasteiger charge is -2.43. The van der Waals surface area contributed by atoms with E-state index < -0.39 is 0 Å². The van der Waals surface area contributed by atoms with E-state index in [1.807, 2.05) is 36.4 Å². The number of benzene rings is 2. The quantitative estimate of drug-likeness (QED) is 0.622. The van der Waals surface area contributed by atoms with Gasteiger partial charge >= 0.3 is 0 Å². The molecule has 1 aromatic heterocycles. The lowest BCUT2D eigenvalue weighted by molar-refractivity contribution is -0.124. The van der Waals surface area contributed by atoms with Crippen molar-refractivity contribution in [2.45, 2.75) is 37.5 Å². The van der Waals surface area contributed by atoms with E-state index in [1.165, 1.54) is 5.56 Å². The highest BCUT2D eigenvalue weighted by molar-refractivity contribution is 5.92. The molecule has 0 aliphatic heterocycles.